The van der Waals surface area contributed by atoms with Crippen molar-refractivity contribution >= 4 is 0 Å². The second-order valence-electron chi connectivity index (χ2n) is 7.64. The molecule has 0 aromatic carbocycles. The Balaban J connectivity index is 1.39. The van der Waals surface area contributed by atoms with E-state index < -0.39 is 0 Å². The fraction of sp³-hybridized carbons (Fsp3) is 0.889. The minimum absolute atomic E-state index is 0.401. The molecule has 3 aliphatic rings. The Hall–Kier alpha value is -0.940. The molecule has 0 spiro atoms. The average Bonchev–Trinajstić information content (AvgIpc) is 3.15. The highest BCUT2D eigenvalue weighted by Crippen LogP contribution is 2.37. The lowest BCUT2D eigenvalue weighted by Gasteiger charge is -2.41. The van der Waals surface area contributed by atoms with Crippen LogP contribution in [0, 0.1) is 5.92 Å². The first-order chi connectivity index (χ1) is 11.3. The van der Waals surface area contributed by atoms with Crippen LogP contribution in [0.2, 0.25) is 0 Å². The van der Waals surface area contributed by atoms with Gasteiger partial charge in [-0.25, -0.2) is 0 Å². The highest BCUT2D eigenvalue weighted by atomic mass is 16.5. The Bertz CT molecular complexity index is 531. The van der Waals surface area contributed by atoms with Crippen molar-refractivity contribution < 1.29 is 4.74 Å². The number of hydrogen-bond acceptors (Lipinski definition) is 4. The molecule has 2 heterocycles. The van der Waals surface area contributed by atoms with Gasteiger partial charge in [0.2, 0.25) is 0 Å². The number of nitrogens with zero attached hydrogens (tertiary/aromatic N) is 4. The fourth-order valence-corrected chi connectivity index (χ4v) is 4.71. The summed E-state index contributed by atoms with van der Waals surface area (Å²) < 4.78 is 8.13. The molecule has 0 amide bonds. The van der Waals surface area contributed by atoms with Gasteiger partial charge in [0.1, 0.15) is 11.6 Å². The molecule has 5 nitrogen and oxygen atoms in total. The van der Waals surface area contributed by atoms with Gasteiger partial charge in [-0.1, -0.05) is 12.8 Å². The molecule has 0 saturated heterocycles. The number of ether oxygens (including phenoxy) is 1. The van der Waals surface area contributed by atoms with E-state index in [4.69, 9.17) is 4.74 Å². The molecule has 1 unspecified atom stereocenters. The molecule has 1 atom stereocenters. The van der Waals surface area contributed by atoms with Crippen molar-refractivity contribution in [1.29, 1.82) is 0 Å². The van der Waals surface area contributed by atoms with Crippen LogP contribution in [0.1, 0.15) is 76.0 Å². The van der Waals surface area contributed by atoms with E-state index in [2.05, 4.69) is 33.5 Å². The van der Waals surface area contributed by atoms with E-state index in [0.29, 0.717) is 18.1 Å². The minimum Gasteiger partial charge on any atom is -0.378 e. The van der Waals surface area contributed by atoms with Gasteiger partial charge in [0.15, 0.2) is 0 Å². The topological polar surface area (TPSA) is 43.2 Å². The summed E-state index contributed by atoms with van der Waals surface area (Å²) in [5, 5.41) is 9.16. The molecule has 2 saturated carbocycles. The summed E-state index contributed by atoms with van der Waals surface area (Å²) in [7, 11) is 0. The largest absolute Gasteiger partial charge is 0.378 e. The summed E-state index contributed by atoms with van der Waals surface area (Å²) in [6, 6.07) is 0.401. The maximum absolute atomic E-state index is 5.70. The van der Waals surface area contributed by atoms with Crippen LogP contribution in [0.15, 0.2) is 0 Å². The third-order valence-corrected chi connectivity index (χ3v) is 6.15. The summed E-state index contributed by atoms with van der Waals surface area (Å²) in [5.41, 5.74) is 0. The van der Waals surface area contributed by atoms with E-state index in [1.807, 2.05) is 0 Å². The molecule has 0 N–H and O–H groups in total. The highest BCUT2D eigenvalue weighted by molar-refractivity contribution is 5.09. The number of aromatic nitrogens is 3. The Morgan fingerprint density at radius 3 is 2.57 bits per heavy atom. The second kappa shape index (κ2) is 6.52. The van der Waals surface area contributed by atoms with Crippen molar-refractivity contribution in [1.82, 2.24) is 19.7 Å². The zero-order valence-electron chi connectivity index (χ0n) is 14.6. The summed E-state index contributed by atoms with van der Waals surface area (Å²) in [5.74, 6) is 3.93. The highest BCUT2D eigenvalue weighted by Gasteiger charge is 2.36. The maximum atomic E-state index is 5.70. The van der Waals surface area contributed by atoms with E-state index in [-0.39, 0.29) is 0 Å². The standard InChI is InChI=1S/C18H30N4O/c1-3-23-16-10-14(11-16)12-21-8-9-22-17(13(21)2)19-20-18(22)15-6-4-5-7-15/h13-16H,3-12H2,1-2H3. The van der Waals surface area contributed by atoms with Gasteiger partial charge < -0.3 is 9.30 Å². The van der Waals surface area contributed by atoms with E-state index >= 15 is 0 Å². The molecule has 128 valence electrons. The Morgan fingerprint density at radius 1 is 1.09 bits per heavy atom. The van der Waals surface area contributed by atoms with Crippen LogP contribution in [-0.4, -0.2) is 45.5 Å². The first-order valence-corrected chi connectivity index (χ1v) is 9.55. The molecule has 2 fully saturated rings. The van der Waals surface area contributed by atoms with Crippen molar-refractivity contribution in [3.05, 3.63) is 11.6 Å². The Kier molecular flexibility index (Phi) is 4.41. The van der Waals surface area contributed by atoms with Crippen LogP contribution in [0.4, 0.5) is 0 Å². The summed E-state index contributed by atoms with van der Waals surface area (Å²) >= 11 is 0. The number of rotatable bonds is 5. The van der Waals surface area contributed by atoms with Gasteiger partial charge >= 0.3 is 0 Å². The molecule has 0 radical (unpaired) electrons. The second-order valence-corrected chi connectivity index (χ2v) is 7.64. The Morgan fingerprint density at radius 2 is 1.83 bits per heavy atom. The van der Waals surface area contributed by atoms with Gasteiger partial charge in [-0.15, -0.1) is 10.2 Å². The monoisotopic (exact) mass is 318 g/mol. The molecule has 4 rings (SSSR count). The molecule has 0 bridgehead atoms. The van der Waals surface area contributed by atoms with E-state index in [9.17, 15) is 0 Å². The van der Waals surface area contributed by atoms with Crippen LogP contribution < -0.4 is 0 Å². The van der Waals surface area contributed by atoms with Crippen molar-refractivity contribution in [3.8, 4) is 0 Å². The molecule has 2 aliphatic carbocycles. The maximum Gasteiger partial charge on any atom is 0.150 e. The van der Waals surface area contributed by atoms with Gasteiger partial charge in [0.25, 0.3) is 0 Å². The van der Waals surface area contributed by atoms with Crippen LogP contribution in [0.3, 0.4) is 0 Å². The lowest BCUT2D eigenvalue weighted by atomic mass is 9.81. The van der Waals surface area contributed by atoms with Crippen LogP contribution in [-0.2, 0) is 11.3 Å². The van der Waals surface area contributed by atoms with Crippen LogP contribution in [0.5, 0.6) is 0 Å². The van der Waals surface area contributed by atoms with Crippen molar-refractivity contribution in [3.63, 3.8) is 0 Å². The molecule has 1 aromatic rings. The first kappa shape index (κ1) is 15.6. The van der Waals surface area contributed by atoms with Crippen LogP contribution >= 0.6 is 0 Å². The zero-order chi connectivity index (χ0) is 15.8. The summed E-state index contributed by atoms with van der Waals surface area (Å²) in [6.07, 6.45) is 8.30. The molecule has 23 heavy (non-hydrogen) atoms. The van der Waals surface area contributed by atoms with Gasteiger partial charge in [-0.3, -0.25) is 4.90 Å². The van der Waals surface area contributed by atoms with E-state index in [1.54, 1.807) is 0 Å². The SMILES string of the molecule is CCOC1CC(CN2CCn3c(C4CCCC4)nnc3C2C)C1. The number of fused-ring (bicyclic) bond motifs is 1. The fourth-order valence-electron chi connectivity index (χ4n) is 4.71. The van der Waals surface area contributed by atoms with Crippen molar-refractivity contribution in [2.75, 3.05) is 19.7 Å². The van der Waals surface area contributed by atoms with Gasteiger partial charge in [-0.05, 0) is 45.4 Å². The summed E-state index contributed by atoms with van der Waals surface area (Å²) in [4.78, 5) is 2.61. The molecule has 5 heteroatoms. The average molecular weight is 318 g/mol. The lowest BCUT2D eigenvalue weighted by molar-refractivity contribution is -0.0388. The first-order valence-electron chi connectivity index (χ1n) is 9.55. The summed E-state index contributed by atoms with van der Waals surface area (Å²) in [6.45, 7) is 8.65. The molecule has 1 aliphatic heterocycles. The normalized spacial score (nSPS) is 32.0. The predicted molar refractivity (Wildman–Crippen MR) is 89.4 cm³/mol. The Labute approximate surface area is 139 Å². The van der Waals surface area contributed by atoms with Gasteiger partial charge in [-0.2, -0.15) is 0 Å². The smallest absolute Gasteiger partial charge is 0.150 e. The third-order valence-electron chi connectivity index (χ3n) is 6.15. The van der Waals surface area contributed by atoms with E-state index in [1.165, 1.54) is 56.7 Å². The van der Waals surface area contributed by atoms with Gasteiger partial charge in [0, 0.05) is 32.2 Å². The van der Waals surface area contributed by atoms with E-state index in [0.717, 1.165) is 25.6 Å². The minimum atomic E-state index is 0.401. The predicted octanol–water partition coefficient (Wildman–Crippen LogP) is 3.13. The molecule has 1 aromatic heterocycles. The van der Waals surface area contributed by atoms with Gasteiger partial charge in [0.05, 0.1) is 12.1 Å². The molecular formula is C18H30N4O. The van der Waals surface area contributed by atoms with Crippen molar-refractivity contribution in [2.24, 2.45) is 5.92 Å². The van der Waals surface area contributed by atoms with Crippen molar-refractivity contribution in [2.45, 2.75) is 77.0 Å². The molecular weight excluding hydrogens is 288 g/mol. The number of hydrogen-bond donors (Lipinski definition) is 0. The van der Waals surface area contributed by atoms with Crippen LogP contribution in [0.25, 0.3) is 0 Å². The quantitative estimate of drug-likeness (QED) is 0.836. The zero-order valence-corrected chi connectivity index (χ0v) is 14.6. The lowest BCUT2D eigenvalue weighted by Crippen LogP contribution is -2.44. The third kappa shape index (κ3) is 2.93.